The van der Waals surface area contributed by atoms with Gasteiger partial charge in [-0.15, -0.1) is 5.10 Å². The van der Waals surface area contributed by atoms with Crippen LogP contribution >= 0.6 is 11.6 Å². The summed E-state index contributed by atoms with van der Waals surface area (Å²) in [7, 11) is 0. The molecule has 28 heavy (non-hydrogen) atoms. The Balaban J connectivity index is 1.94. The molecule has 0 spiro atoms. The number of benzene rings is 1. The summed E-state index contributed by atoms with van der Waals surface area (Å²) in [6, 6.07) is 6.67. The number of hydrogen-bond donors (Lipinski definition) is 1. The van der Waals surface area contributed by atoms with E-state index in [0.717, 1.165) is 22.7 Å². The normalized spacial score (nSPS) is 23.8. The highest BCUT2D eigenvalue weighted by Gasteiger charge is 2.32. The van der Waals surface area contributed by atoms with Gasteiger partial charge in [0.25, 0.3) is 0 Å². The predicted octanol–water partition coefficient (Wildman–Crippen LogP) is 1.89. The third-order valence-corrected chi connectivity index (χ3v) is 5.02. The van der Waals surface area contributed by atoms with Gasteiger partial charge >= 0.3 is 5.97 Å². The molecule has 1 aliphatic heterocycles. The highest BCUT2D eigenvalue weighted by molar-refractivity contribution is 6.30. The molecule has 7 heteroatoms. The lowest BCUT2D eigenvalue weighted by Gasteiger charge is -2.33. The Hall–Kier alpha value is -2.83. The lowest BCUT2D eigenvalue weighted by Crippen LogP contribution is -2.52. The fourth-order valence-corrected chi connectivity index (χ4v) is 3.52. The van der Waals surface area contributed by atoms with Crippen LogP contribution in [-0.4, -0.2) is 46.7 Å². The number of carboxylic acids is 1. The third-order valence-electron chi connectivity index (χ3n) is 4.77. The van der Waals surface area contributed by atoms with Gasteiger partial charge < -0.3 is 14.7 Å². The Kier molecular flexibility index (Phi) is 5.32. The molecule has 1 unspecified atom stereocenters. The number of aromatic nitrogens is 2. The van der Waals surface area contributed by atoms with Crippen LogP contribution in [0, 0.1) is 0 Å². The van der Waals surface area contributed by atoms with Gasteiger partial charge in [0, 0.05) is 16.8 Å². The van der Waals surface area contributed by atoms with Crippen LogP contribution in [0.15, 0.2) is 48.6 Å². The average Bonchev–Trinajstić information content (AvgIpc) is 3.10. The second-order valence-electron chi connectivity index (χ2n) is 6.55. The Morgan fingerprint density at radius 2 is 2.04 bits per heavy atom. The van der Waals surface area contributed by atoms with E-state index >= 15 is 0 Å². The number of halogens is 1. The van der Waals surface area contributed by atoms with E-state index in [0.29, 0.717) is 24.0 Å². The summed E-state index contributed by atoms with van der Waals surface area (Å²) in [6.07, 6.45) is 12.8. The molecule has 0 amide bonds. The maximum absolute atomic E-state index is 11.8. The summed E-state index contributed by atoms with van der Waals surface area (Å²) in [4.78, 5) is 13.6. The van der Waals surface area contributed by atoms with Crippen molar-refractivity contribution in [1.29, 1.82) is 0 Å². The van der Waals surface area contributed by atoms with Crippen molar-refractivity contribution >= 4 is 35.5 Å². The molecule has 1 aliphatic carbocycles. The van der Waals surface area contributed by atoms with E-state index in [1.807, 2.05) is 58.2 Å². The van der Waals surface area contributed by atoms with Gasteiger partial charge in [0.15, 0.2) is 11.9 Å². The van der Waals surface area contributed by atoms with Crippen molar-refractivity contribution in [2.45, 2.75) is 12.5 Å². The molecule has 2 heterocycles. The van der Waals surface area contributed by atoms with E-state index in [2.05, 4.69) is 12.2 Å². The zero-order valence-corrected chi connectivity index (χ0v) is 15.9. The van der Waals surface area contributed by atoms with E-state index in [9.17, 15) is 9.90 Å². The van der Waals surface area contributed by atoms with E-state index in [1.54, 1.807) is 0 Å². The molecule has 1 aromatic carbocycles. The number of nitrogens with zero attached hydrogens (tertiary/aromatic N) is 3. The second-order valence-corrected chi connectivity index (χ2v) is 6.99. The van der Waals surface area contributed by atoms with Crippen LogP contribution in [0.2, 0.25) is 5.02 Å². The third kappa shape index (κ3) is 3.61. The maximum Gasteiger partial charge on any atom is 0.328 e. The number of hydrogen-bond acceptors (Lipinski definition) is 4. The Morgan fingerprint density at radius 3 is 2.82 bits per heavy atom. The van der Waals surface area contributed by atoms with Gasteiger partial charge in [0.1, 0.15) is 0 Å². The van der Waals surface area contributed by atoms with Crippen LogP contribution in [0.1, 0.15) is 6.42 Å². The molecule has 1 atom stereocenters. The molecule has 144 valence electrons. The molecule has 2 aliphatic rings. The molecule has 0 radical (unpaired) electrons. The maximum atomic E-state index is 11.8. The fraction of sp³-hybridized carbons (Fsp3) is 0.238. The van der Waals surface area contributed by atoms with Crippen molar-refractivity contribution in [2.24, 2.45) is 0 Å². The standard InChI is InChI=1S/C21H20ClN3O3/c22-15-8-10-16(11-9-15)25-18-7-5-3-1-2-4-6-17(18)20(23-25)24-12-13-28-14-19(24)21(26)27/h1-4,6-11,19H,5,12-14H2,(H,26,27)/b3-1+,4-2+,17-6+,18-7+. The molecule has 0 bridgehead atoms. The first-order valence-corrected chi connectivity index (χ1v) is 9.49. The van der Waals surface area contributed by atoms with Gasteiger partial charge in [-0.05, 0) is 36.8 Å². The molecule has 6 nitrogen and oxygen atoms in total. The number of rotatable bonds is 3. The smallest absolute Gasteiger partial charge is 0.328 e. The summed E-state index contributed by atoms with van der Waals surface area (Å²) < 4.78 is 7.24. The van der Waals surface area contributed by atoms with Crippen molar-refractivity contribution in [2.75, 3.05) is 24.7 Å². The molecule has 0 saturated carbocycles. The van der Waals surface area contributed by atoms with E-state index in [4.69, 9.17) is 21.4 Å². The van der Waals surface area contributed by atoms with Crippen LogP contribution < -0.4 is 15.5 Å². The van der Waals surface area contributed by atoms with Gasteiger partial charge in [-0.25, -0.2) is 9.48 Å². The highest BCUT2D eigenvalue weighted by Crippen LogP contribution is 2.16. The van der Waals surface area contributed by atoms with Gasteiger partial charge in [-0.1, -0.05) is 42.0 Å². The van der Waals surface area contributed by atoms with Crippen molar-refractivity contribution in [3.05, 3.63) is 64.2 Å². The second kappa shape index (κ2) is 8.04. The number of anilines is 1. The fourth-order valence-electron chi connectivity index (χ4n) is 3.39. The Labute approximate surface area is 167 Å². The summed E-state index contributed by atoms with van der Waals surface area (Å²) in [5.41, 5.74) is 0.865. The predicted molar refractivity (Wildman–Crippen MR) is 109 cm³/mol. The number of morpholine rings is 1. The number of aliphatic carboxylic acids is 1. The molecular weight excluding hydrogens is 378 g/mol. The van der Waals surface area contributed by atoms with Crippen LogP contribution in [0.3, 0.4) is 0 Å². The van der Waals surface area contributed by atoms with Crippen LogP contribution in [0.4, 0.5) is 5.82 Å². The number of fused-ring (bicyclic) bond motifs is 1. The topological polar surface area (TPSA) is 67.6 Å². The molecular formula is C21H20ClN3O3. The van der Waals surface area contributed by atoms with Crippen molar-refractivity contribution in [3.63, 3.8) is 0 Å². The quantitative estimate of drug-likeness (QED) is 0.856. The van der Waals surface area contributed by atoms with E-state index in [1.165, 1.54) is 0 Å². The zero-order valence-electron chi connectivity index (χ0n) is 15.2. The van der Waals surface area contributed by atoms with Crippen LogP contribution in [0.5, 0.6) is 0 Å². The number of carbonyl (C=O) groups is 1. The summed E-state index contributed by atoms with van der Waals surface area (Å²) in [5.74, 6) is -0.276. The lowest BCUT2D eigenvalue weighted by atomic mass is 10.2. The molecule has 1 aromatic heterocycles. The minimum absolute atomic E-state index is 0.138. The monoisotopic (exact) mass is 397 g/mol. The SMILES string of the molecule is O=C(O)C1COCCN1c1nn(-c2ccc(Cl)cc2)c2/c1=C\C=C\C=C\C\C=2. The minimum atomic E-state index is -0.918. The first kappa shape index (κ1) is 18.5. The molecule has 1 N–H and O–H groups in total. The average molecular weight is 398 g/mol. The van der Waals surface area contributed by atoms with Gasteiger partial charge in [-0.3, -0.25) is 0 Å². The van der Waals surface area contributed by atoms with Crippen LogP contribution in [0.25, 0.3) is 17.8 Å². The van der Waals surface area contributed by atoms with Crippen molar-refractivity contribution < 1.29 is 14.6 Å². The Bertz CT molecular complexity index is 1050. The van der Waals surface area contributed by atoms with Crippen molar-refractivity contribution in [3.8, 4) is 5.69 Å². The summed E-state index contributed by atoms with van der Waals surface area (Å²) in [6.45, 7) is 1.07. The van der Waals surface area contributed by atoms with Gasteiger partial charge in [0.2, 0.25) is 0 Å². The zero-order chi connectivity index (χ0) is 19.5. The summed E-state index contributed by atoms with van der Waals surface area (Å²) in [5, 5.41) is 16.9. The number of carboxylic acid groups (broad SMARTS) is 1. The lowest BCUT2D eigenvalue weighted by molar-refractivity contribution is -0.141. The number of allylic oxidation sites excluding steroid dienone is 4. The molecule has 1 fully saturated rings. The van der Waals surface area contributed by atoms with E-state index in [-0.39, 0.29) is 6.61 Å². The van der Waals surface area contributed by atoms with E-state index < -0.39 is 12.0 Å². The first-order valence-electron chi connectivity index (χ1n) is 9.11. The van der Waals surface area contributed by atoms with Gasteiger partial charge in [0.05, 0.1) is 24.3 Å². The molecule has 1 saturated heterocycles. The number of ether oxygens (including phenoxy) is 1. The largest absolute Gasteiger partial charge is 0.480 e. The Morgan fingerprint density at radius 1 is 1.21 bits per heavy atom. The molecule has 4 rings (SSSR count). The highest BCUT2D eigenvalue weighted by atomic mass is 35.5. The van der Waals surface area contributed by atoms with Crippen molar-refractivity contribution in [1.82, 2.24) is 9.78 Å². The minimum Gasteiger partial charge on any atom is -0.480 e. The molecule has 2 aromatic rings. The summed E-state index contributed by atoms with van der Waals surface area (Å²) >= 11 is 6.04. The first-order chi connectivity index (χ1) is 13.6. The van der Waals surface area contributed by atoms with Crippen LogP contribution in [-0.2, 0) is 9.53 Å². The van der Waals surface area contributed by atoms with Gasteiger partial charge in [-0.2, -0.15) is 0 Å².